The number of carbonyl (C=O) groups is 1. The van der Waals surface area contributed by atoms with Crippen LogP contribution in [0.1, 0.15) is 56.1 Å². The van der Waals surface area contributed by atoms with E-state index in [9.17, 15) is 4.79 Å². The van der Waals surface area contributed by atoms with Crippen LogP contribution in [0, 0.1) is 24.7 Å². The molecule has 0 aromatic carbocycles. The van der Waals surface area contributed by atoms with Crippen LogP contribution in [0.4, 0.5) is 5.00 Å². The lowest BCUT2D eigenvalue weighted by atomic mass is 9.75. The number of aryl methyl sites for hydroxylation is 1. The van der Waals surface area contributed by atoms with Crippen LogP contribution in [0.15, 0.2) is 0 Å². The number of rotatable bonds is 3. The van der Waals surface area contributed by atoms with E-state index in [0.717, 1.165) is 24.4 Å². The fraction of sp³-hybridized carbons (Fsp3) is 0.733. The predicted molar refractivity (Wildman–Crippen MR) is 81.8 cm³/mol. The van der Waals surface area contributed by atoms with Gasteiger partial charge in [-0.3, -0.25) is 0 Å². The number of nitrogens with two attached hydrogens (primary N) is 1. The van der Waals surface area contributed by atoms with E-state index in [2.05, 4.69) is 25.1 Å². The smallest absolute Gasteiger partial charge is 0.343 e. The lowest BCUT2D eigenvalue weighted by molar-refractivity contribution is -0.0173. The Hall–Kier alpha value is -1.10. The Morgan fingerprint density at radius 1 is 1.45 bits per heavy atom. The van der Waals surface area contributed by atoms with Crippen molar-refractivity contribution in [3.63, 3.8) is 0 Å². The molecule has 0 aliphatic heterocycles. The van der Waals surface area contributed by atoms with Gasteiger partial charge in [0.25, 0.3) is 0 Å². The zero-order chi connectivity index (χ0) is 14.9. The Morgan fingerprint density at radius 2 is 2.15 bits per heavy atom. The third-order valence-corrected chi connectivity index (χ3v) is 5.08. The monoisotopic (exact) mass is 296 g/mol. The Bertz CT molecular complexity index is 465. The van der Waals surface area contributed by atoms with Crippen molar-refractivity contribution in [3.8, 4) is 0 Å². The van der Waals surface area contributed by atoms with Crippen LogP contribution in [0.25, 0.3) is 0 Å². The molecule has 0 saturated heterocycles. The normalized spacial score (nSPS) is 26.8. The van der Waals surface area contributed by atoms with E-state index < -0.39 is 0 Å². The topological polar surface area (TPSA) is 65.2 Å². The quantitative estimate of drug-likeness (QED) is 0.865. The molecule has 0 amide bonds. The number of carbonyl (C=O) groups excluding carboxylic acids is 1. The van der Waals surface area contributed by atoms with Crippen LogP contribution < -0.4 is 5.73 Å². The van der Waals surface area contributed by atoms with Gasteiger partial charge in [0.05, 0.1) is 5.69 Å². The van der Waals surface area contributed by atoms with Crippen LogP contribution in [0.3, 0.4) is 0 Å². The molecule has 1 aliphatic rings. The number of hydrogen-bond acceptors (Lipinski definition) is 5. The number of esters is 1. The zero-order valence-corrected chi connectivity index (χ0v) is 13.5. The minimum atomic E-state index is -0.307. The number of nitrogen functional groups attached to an aromatic ring is 1. The Morgan fingerprint density at radius 3 is 2.70 bits per heavy atom. The van der Waals surface area contributed by atoms with Gasteiger partial charge in [0, 0.05) is 0 Å². The second-order valence-corrected chi connectivity index (χ2v) is 7.08. The number of aromatic nitrogens is 1. The average molecular weight is 296 g/mol. The molecule has 2 N–H and O–H groups in total. The fourth-order valence-corrected chi connectivity index (χ4v) is 3.73. The van der Waals surface area contributed by atoms with E-state index in [4.69, 9.17) is 10.5 Å². The molecule has 1 aromatic rings. The Kier molecular flexibility index (Phi) is 4.68. The molecular formula is C15H24N2O2S. The molecule has 3 atom stereocenters. The first kappa shape index (κ1) is 15.3. The number of nitrogens with zero attached hydrogens (tertiary/aromatic N) is 1. The number of anilines is 1. The van der Waals surface area contributed by atoms with Gasteiger partial charge in [-0.15, -0.1) is 0 Å². The van der Waals surface area contributed by atoms with Gasteiger partial charge in [-0.05, 0) is 49.1 Å². The largest absolute Gasteiger partial charge is 0.458 e. The van der Waals surface area contributed by atoms with E-state index in [0.29, 0.717) is 34.0 Å². The minimum Gasteiger partial charge on any atom is -0.458 e. The van der Waals surface area contributed by atoms with E-state index in [1.807, 2.05) is 0 Å². The van der Waals surface area contributed by atoms with Gasteiger partial charge in [-0.2, -0.15) is 4.37 Å². The molecule has 0 radical (unpaired) electrons. The maximum atomic E-state index is 12.4. The molecule has 1 aromatic heterocycles. The lowest BCUT2D eigenvalue weighted by Crippen LogP contribution is -2.36. The summed E-state index contributed by atoms with van der Waals surface area (Å²) < 4.78 is 9.90. The van der Waals surface area contributed by atoms with Crippen molar-refractivity contribution < 1.29 is 9.53 Å². The molecule has 20 heavy (non-hydrogen) atoms. The molecule has 112 valence electrons. The van der Waals surface area contributed by atoms with Crippen molar-refractivity contribution in [1.29, 1.82) is 0 Å². The summed E-state index contributed by atoms with van der Waals surface area (Å²) in [6.07, 6.45) is 3.31. The van der Waals surface area contributed by atoms with Crippen LogP contribution >= 0.6 is 11.5 Å². The van der Waals surface area contributed by atoms with Crippen molar-refractivity contribution in [3.05, 3.63) is 11.3 Å². The van der Waals surface area contributed by atoms with E-state index >= 15 is 0 Å². The Labute approximate surface area is 124 Å². The predicted octanol–water partition coefficient (Wildman–Crippen LogP) is 3.65. The molecule has 0 spiro atoms. The van der Waals surface area contributed by atoms with Crippen LogP contribution in [0.5, 0.6) is 0 Å². The lowest BCUT2D eigenvalue weighted by Gasteiger charge is -2.36. The highest BCUT2D eigenvalue weighted by Crippen LogP contribution is 2.36. The second kappa shape index (κ2) is 6.12. The summed E-state index contributed by atoms with van der Waals surface area (Å²) in [5, 5.41) is 0.456. The molecule has 4 nitrogen and oxygen atoms in total. The maximum Gasteiger partial charge on any atom is 0.343 e. The van der Waals surface area contributed by atoms with Crippen LogP contribution in [0.2, 0.25) is 0 Å². The third-order valence-electron chi connectivity index (χ3n) is 4.31. The van der Waals surface area contributed by atoms with Crippen molar-refractivity contribution in [2.24, 2.45) is 17.8 Å². The second-order valence-electron chi connectivity index (χ2n) is 6.28. The van der Waals surface area contributed by atoms with Gasteiger partial charge in [-0.25, -0.2) is 4.79 Å². The first-order valence-corrected chi connectivity index (χ1v) is 8.10. The molecule has 3 unspecified atom stereocenters. The van der Waals surface area contributed by atoms with Gasteiger partial charge < -0.3 is 10.5 Å². The fourth-order valence-electron chi connectivity index (χ4n) is 3.08. The molecule has 1 fully saturated rings. The van der Waals surface area contributed by atoms with E-state index in [1.54, 1.807) is 6.92 Å². The Balaban J connectivity index is 2.12. The standard InChI is InChI=1S/C15H24N2O2S/c1-8(2)11-6-5-9(3)7-12(11)19-15(18)13-10(4)17-20-14(13)16/h8-9,11-12H,5-7,16H2,1-4H3. The third kappa shape index (κ3) is 3.14. The molecule has 1 aliphatic carbocycles. The van der Waals surface area contributed by atoms with Crippen LogP contribution in [-0.2, 0) is 4.74 Å². The summed E-state index contributed by atoms with van der Waals surface area (Å²) in [5.74, 6) is 1.28. The molecule has 0 bridgehead atoms. The minimum absolute atomic E-state index is 0.00458. The molecule has 2 rings (SSSR count). The summed E-state index contributed by atoms with van der Waals surface area (Å²) in [4.78, 5) is 12.4. The molecule has 1 heterocycles. The molecule has 1 saturated carbocycles. The van der Waals surface area contributed by atoms with E-state index in [1.165, 1.54) is 6.42 Å². The molecular weight excluding hydrogens is 272 g/mol. The van der Waals surface area contributed by atoms with Gasteiger partial charge in [0.15, 0.2) is 0 Å². The summed E-state index contributed by atoms with van der Waals surface area (Å²) in [6, 6.07) is 0. The van der Waals surface area contributed by atoms with Gasteiger partial charge in [0.1, 0.15) is 16.7 Å². The summed E-state index contributed by atoms with van der Waals surface area (Å²) in [6.45, 7) is 8.43. The first-order valence-electron chi connectivity index (χ1n) is 7.32. The summed E-state index contributed by atoms with van der Waals surface area (Å²) in [7, 11) is 0. The zero-order valence-electron chi connectivity index (χ0n) is 12.7. The first-order chi connectivity index (χ1) is 9.40. The van der Waals surface area contributed by atoms with Gasteiger partial charge in [0.2, 0.25) is 0 Å². The highest BCUT2D eigenvalue weighted by atomic mass is 32.1. The van der Waals surface area contributed by atoms with Gasteiger partial charge >= 0.3 is 5.97 Å². The number of ether oxygens (including phenoxy) is 1. The highest BCUT2D eigenvalue weighted by Gasteiger charge is 2.34. The van der Waals surface area contributed by atoms with E-state index in [-0.39, 0.29) is 12.1 Å². The number of hydrogen-bond donors (Lipinski definition) is 1. The highest BCUT2D eigenvalue weighted by molar-refractivity contribution is 7.10. The van der Waals surface area contributed by atoms with Crippen molar-refractivity contribution in [1.82, 2.24) is 4.37 Å². The average Bonchev–Trinajstić information content (AvgIpc) is 2.68. The van der Waals surface area contributed by atoms with Crippen LogP contribution in [-0.4, -0.2) is 16.4 Å². The van der Waals surface area contributed by atoms with Crippen molar-refractivity contribution in [2.75, 3.05) is 5.73 Å². The summed E-state index contributed by atoms with van der Waals surface area (Å²) in [5.41, 5.74) is 6.95. The van der Waals surface area contributed by atoms with Crippen molar-refractivity contribution >= 4 is 22.5 Å². The SMILES string of the molecule is Cc1nsc(N)c1C(=O)OC1CC(C)CCC1C(C)C. The van der Waals surface area contributed by atoms with Crippen molar-refractivity contribution in [2.45, 2.75) is 53.1 Å². The van der Waals surface area contributed by atoms with Gasteiger partial charge in [-0.1, -0.05) is 27.2 Å². The molecule has 5 heteroatoms. The summed E-state index contributed by atoms with van der Waals surface area (Å²) >= 11 is 1.16. The maximum absolute atomic E-state index is 12.4.